The second-order valence-corrected chi connectivity index (χ2v) is 11.8. The van der Waals surface area contributed by atoms with Crippen molar-refractivity contribution in [3.63, 3.8) is 0 Å². The summed E-state index contributed by atoms with van der Waals surface area (Å²) in [5, 5.41) is 9.44. The van der Waals surface area contributed by atoms with E-state index in [0.29, 0.717) is 35.5 Å². The number of nitrogens with two attached hydrogens (primary N) is 2. The van der Waals surface area contributed by atoms with Gasteiger partial charge < -0.3 is 21.3 Å². The average Bonchev–Trinajstić information content (AvgIpc) is 3.06. The molecule has 5 N–H and O–H groups in total. The SMILES string of the molecule is CCCCCc1ccc(-c2ccc(C(=O)/C=C/c3ccc(OCCCCCCCc4c(N)cc(N)cc4C(=O)O)cc3)cc2)cc1. The molecule has 0 bridgehead atoms. The molecule has 240 valence electrons. The van der Waals surface area contributed by atoms with Crippen LogP contribution in [0.5, 0.6) is 5.75 Å². The number of hydrogen-bond acceptors (Lipinski definition) is 5. The van der Waals surface area contributed by atoms with Crippen LogP contribution in [0.3, 0.4) is 0 Å². The summed E-state index contributed by atoms with van der Waals surface area (Å²) in [6, 6.07) is 27.4. The van der Waals surface area contributed by atoms with Crippen LogP contribution in [0.15, 0.2) is 91.0 Å². The monoisotopic (exact) mass is 618 g/mol. The summed E-state index contributed by atoms with van der Waals surface area (Å²) in [6.07, 6.45) is 13.8. The summed E-state index contributed by atoms with van der Waals surface area (Å²) in [5.41, 5.74) is 18.7. The number of aryl methyl sites for hydroxylation is 1. The van der Waals surface area contributed by atoms with Gasteiger partial charge in [-0.15, -0.1) is 0 Å². The van der Waals surface area contributed by atoms with E-state index in [0.717, 1.165) is 61.0 Å². The Labute approximate surface area is 273 Å². The molecule has 0 aliphatic carbocycles. The van der Waals surface area contributed by atoms with Crippen molar-refractivity contribution in [1.82, 2.24) is 0 Å². The molecule has 0 aliphatic heterocycles. The predicted octanol–water partition coefficient (Wildman–Crippen LogP) is 9.42. The van der Waals surface area contributed by atoms with Gasteiger partial charge in [-0.2, -0.15) is 0 Å². The minimum atomic E-state index is -1.00. The zero-order chi connectivity index (χ0) is 32.7. The van der Waals surface area contributed by atoms with Crippen LogP contribution >= 0.6 is 0 Å². The van der Waals surface area contributed by atoms with Gasteiger partial charge in [0.15, 0.2) is 5.78 Å². The van der Waals surface area contributed by atoms with Crippen LogP contribution in [-0.2, 0) is 12.8 Å². The number of nitrogen functional groups attached to an aromatic ring is 2. The lowest BCUT2D eigenvalue weighted by molar-refractivity contribution is 0.0695. The topological polar surface area (TPSA) is 116 Å². The highest BCUT2D eigenvalue weighted by molar-refractivity contribution is 6.07. The predicted molar refractivity (Wildman–Crippen MR) is 189 cm³/mol. The molecule has 4 aromatic rings. The molecule has 4 aromatic carbocycles. The Morgan fingerprint density at radius 1 is 0.739 bits per heavy atom. The standard InChI is InChI=1S/C40H46N2O4/c1-2-3-7-10-29-12-17-31(18-13-29)32-19-21-33(22-20-32)39(43)25-16-30-14-23-35(24-15-30)46-26-9-6-4-5-8-11-36-37(40(44)45)27-34(41)28-38(36)42/h12-25,27-28H,2-11,26,41-42H2,1H3,(H,44,45)/b25-16+. The number of unbranched alkanes of at least 4 members (excludes halogenated alkanes) is 6. The van der Waals surface area contributed by atoms with Crippen molar-refractivity contribution in [1.29, 1.82) is 0 Å². The molecule has 0 spiro atoms. The number of ether oxygens (including phenoxy) is 1. The van der Waals surface area contributed by atoms with Crippen LogP contribution in [0.25, 0.3) is 17.2 Å². The second kappa shape index (κ2) is 17.6. The summed E-state index contributed by atoms with van der Waals surface area (Å²) in [7, 11) is 0. The van der Waals surface area contributed by atoms with E-state index in [2.05, 4.69) is 31.2 Å². The lowest BCUT2D eigenvalue weighted by atomic mass is 9.98. The van der Waals surface area contributed by atoms with Crippen LogP contribution in [0.1, 0.15) is 95.7 Å². The zero-order valence-corrected chi connectivity index (χ0v) is 26.8. The minimum Gasteiger partial charge on any atom is -0.494 e. The lowest BCUT2D eigenvalue weighted by Crippen LogP contribution is -2.07. The highest BCUT2D eigenvalue weighted by Crippen LogP contribution is 2.25. The molecule has 0 fully saturated rings. The largest absolute Gasteiger partial charge is 0.494 e. The number of benzene rings is 4. The minimum absolute atomic E-state index is 0.0302. The number of carbonyl (C=O) groups is 2. The van der Waals surface area contributed by atoms with E-state index in [-0.39, 0.29) is 11.3 Å². The summed E-state index contributed by atoms with van der Waals surface area (Å²) in [6.45, 7) is 2.85. The summed E-state index contributed by atoms with van der Waals surface area (Å²) in [5.74, 6) is -0.231. The number of hydrogen-bond donors (Lipinski definition) is 3. The number of ketones is 1. The fourth-order valence-electron chi connectivity index (χ4n) is 5.52. The van der Waals surface area contributed by atoms with Crippen molar-refractivity contribution < 1.29 is 19.4 Å². The van der Waals surface area contributed by atoms with E-state index in [1.54, 1.807) is 12.1 Å². The van der Waals surface area contributed by atoms with Gasteiger partial charge in [0.25, 0.3) is 0 Å². The van der Waals surface area contributed by atoms with E-state index in [1.807, 2.05) is 54.6 Å². The van der Waals surface area contributed by atoms with Gasteiger partial charge in [0.1, 0.15) is 5.75 Å². The second-order valence-electron chi connectivity index (χ2n) is 11.8. The van der Waals surface area contributed by atoms with E-state index >= 15 is 0 Å². The van der Waals surface area contributed by atoms with Crippen LogP contribution in [0.4, 0.5) is 11.4 Å². The molecule has 0 radical (unpaired) electrons. The molecule has 6 nitrogen and oxygen atoms in total. The van der Waals surface area contributed by atoms with Gasteiger partial charge in [0.05, 0.1) is 12.2 Å². The van der Waals surface area contributed by atoms with E-state index in [1.165, 1.54) is 30.9 Å². The Morgan fingerprint density at radius 3 is 2.04 bits per heavy atom. The number of carboxylic acid groups (broad SMARTS) is 1. The van der Waals surface area contributed by atoms with Crippen molar-refractivity contribution >= 4 is 29.2 Å². The summed E-state index contributed by atoms with van der Waals surface area (Å²) < 4.78 is 5.89. The van der Waals surface area contributed by atoms with Gasteiger partial charge in [-0.05, 0) is 90.3 Å². The molecule has 0 atom stereocenters. The first-order chi connectivity index (χ1) is 22.3. The maximum atomic E-state index is 12.8. The fourth-order valence-corrected chi connectivity index (χ4v) is 5.52. The first-order valence-electron chi connectivity index (χ1n) is 16.4. The van der Waals surface area contributed by atoms with E-state index < -0.39 is 5.97 Å². The molecule has 0 aromatic heterocycles. The Balaban J connectivity index is 1.14. The number of carbonyl (C=O) groups excluding carboxylic acids is 1. The third-order valence-corrected chi connectivity index (χ3v) is 8.21. The Morgan fingerprint density at radius 2 is 1.37 bits per heavy atom. The zero-order valence-electron chi connectivity index (χ0n) is 26.8. The Bertz CT molecular complexity index is 1590. The smallest absolute Gasteiger partial charge is 0.336 e. The fraction of sp³-hybridized carbons (Fsp3) is 0.300. The van der Waals surface area contributed by atoms with Crippen molar-refractivity contribution in [2.45, 2.75) is 71.1 Å². The van der Waals surface area contributed by atoms with Crippen LogP contribution < -0.4 is 16.2 Å². The van der Waals surface area contributed by atoms with Crippen LogP contribution in [-0.4, -0.2) is 23.5 Å². The number of allylic oxidation sites excluding steroid dienone is 1. The number of anilines is 2. The summed E-state index contributed by atoms with van der Waals surface area (Å²) >= 11 is 0. The molecular formula is C40H46N2O4. The van der Waals surface area contributed by atoms with Crippen LogP contribution in [0.2, 0.25) is 0 Å². The van der Waals surface area contributed by atoms with Crippen LogP contribution in [0, 0.1) is 0 Å². The Kier molecular flexibility index (Phi) is 13.0. The molecule has 0 saturated carbocycles. The molecule has 6 heteroatoms. The highest BCUT2D eigenvalue weighted by atomic mass is 16.5. The van der Waals surface area contributed by atoms with E-state index in [9.17, 15) is 14.7 Å². The number of aromatic carboxylic acids is 1. The number of rotatable bonds is 18. The van der Waals surface area contributed by atoms with Gasteiger partial charge in [-0.25, -0.2) is 4.79 Å². The van der Waals surface area contributed by atoms with Crippen molar-refractivity contribution in [2.75, 3.05) is 18.1 Å². The molecule has 46 heavy (non-hydrogen) atoms. The average molecular weight is 619 g/mol. The number of carboxylic acids is 1. The van der Waals surface area contributed by atoms with Gasteiger partial charge in [-0.1, -0.05) is 106 Å². The molecule has 4 rings (SSSR count). The van der Waals surface area contributed by atoms with Crippen molar-refractivity contribution in [2.24, 2.45) is 0 Å². The third-order valence-electron chi connectivity index (χ3n) is 8.21. The molecule has 0 aliphatic rings. The normalized spacial score (nSPS) is 11.2. The summed E-state index contributed by atoms with van der Waals surface area (Å²) in [4.78, 5) is 24.3. The van der Waals surface area contributed by atoms with Gasteiger partial charge in [0.2, 0.25) is 0 Å². The van der Waals surface area contributed by atoms with Crippen molar-refractivity contribution in [3.05, 3.63) is 119 Å². The first-order valence-corrected chi connectivity index (χ1v) is 16.4. The lowest BCUT2D eigenvalue weighted by Gasteiger charge is -2.11. The Hall–Kier alpha value is -4.84. The van der Waals surface area contributed by atoms with Crippen molar-refractivity contribution in [3.8, 4) is 16.9 Å². The first kappa shape index (κ1) is 34.0. The van der Waals surface area contributed by atoms with E-state index in [4.69, 9.17) is 16.2 Å². The van der Waals surface area contributed by atoms with Gasteiger partial charge >= 0.3 is 5.97 Å². The highest BCUT2D eigenvalue weighted by Gasteiger charge is 2.14. The molecule has 0 heterocycles. The molecule has 0 saturated heterocycles. The molecule has 0 unspecified atom stereocenters. The third kappa shape index (κ3) is 10.4. The quantitative estimate of drug-likeness (QED) is 0.0443. The van der Waals surface area contributed by atoms with Gasteiger partial charge in [-0.3, -0.25) is 4.79 Å². The maximum Gasteiger partial charge on any atom is 0.336 e. The molecular weight excluding hydrogens is 572 g/mol. The maximum absolute atomic E-state index is 12.8. The van der Waals surface area contributed by atoms with Gasteiger partial charge in [0, 0.05) is 16.9 Å². The molecule has 0 amide bonds.